The molecule has 0 aliphatic carbocycles. The third-order valence-corrected chi connectivity index (χ3v) is 4.20. The predicted molar refractivity (Wildman–Crippen MR) is 93.2 cm³/mol. The van der Waals surface area contributed by atoms with E-state index in [1.165, 1.54) is 0 Å². The minimum absolute atomic E-state index is 0.698. The van der Waals surface area contributed by atoms with Crippen LogP contribution in [0.3, 0.4) is 0 Å². The van der Waals surface area contributed by atoms with Crippen molar-refractivity contribution in [3.05, 3.63) is 71.2 Å². The summed E-state index contributed by atoms with van der Waals surface area (Å²) in [7, 11) is 0. The molecule has 108 valence electrons. The molecule has 0 bridgehead atoms. The molecule has 2 nitrogen and oxygen atoms in total. The summed E-state index contributed by atoms with van der Waals surface area (Å²) in [5.41, 5.74) is 4.82. The van der Waals surface area contributed by atoms with Gasteiger partial charge in [0, 0.05) is 5.39 Å². The Balaban J connectivity index is 1.98. The number of benzene rings is 3. The van der Waals surface area contributed by atoms with Crippen LogP contribution in [0.1, 0.15) is 5.56 Å². The van der Waals surface area contributed by atoms with E-state index in [0.717, 1.165) is 38.9 Å². The van der Waals surface area contributed by atoms with E-state index in [4.69, 9.17) is 16.0 Å². The first-order chi connectivity index (χ1) is 10.7. The van der Waals surface area contributed by atoms with Gasteiger partial charge in [0.1, 0.15) is 11.2 Å². The average Bonchev–Trinajstić information content (AvgIpc) is 2.93. The number of anilines is 2. The smallest absolute Gasteiger partial charge is 0.140 e. The molecule has 22 heavy (non-hydrogen) atoms. The van der Waals surface area contributed by atoms with Crippen molar-refractivity contribution in [1.82, 2.24) is 0 Å². The van der Waals surface area contributed by atoms with Crippen molar-refractivity contribution in [2.75, 3.05) is 5.32 Å². The quantitative estimate of drug-likeness (QED) is 0.470. The number of aryl methyl sites for hydroxylation is 1. The third-order valence-electron chi connectivity index (χ3n) is 3.87. The highest BCUT2D eigenvalue weighted by atomic mass is 35.5. The van der Waals surface area contributed by atoms with Crippen LogP contribution in [0.4, 0.5) is 11.4 Å². The first-order valence-corrected chi connectivity index (χ1v) is 7.54. The van der Waals surface area contributed by atoms with Crippen LogP contribution in [-0.4, -0.2) is 0 Å². The van der Waals surface area contributed by atoms with E-state index in [2.05, 4.69) is 30.4 Å². The zero-order chi connectivity index (χ0) is 15.1. The van der Waals surface area contributed by atoms with Gasteiger partial charge in [-0.1, -0.05) is 48.0 Å². The summed E-state index contributed by atoms with van der Waals surface area (Å²) in [6.45, 7) is 2.06. The Bertz CT molecular complexity index is 987. The second-order valence-corrected chi connectivity index (χ2v) is 5.74. The summed E-state index contributed by atoms with van der Waals surface area (Å²) < 4.78 is 6.02. The van der Waals surface area contributed by atoms with E-state index >= 15 is 0 Å². The summed E-state index contributed by atoms with van der Waals surface area (Å²) in [6, 6.07) is 20.0. The molecule has 3 heteroatoms. The number of fused-ring (bicyclic) bond motifs is 3. The summed E-state index contributed by atoms with van der Waals surface area (Å²) in [4.78, 5) is 0. The number of hydrogen-bond donors (Lipinski definition) is 1. The molecule has 0 unspecified atom stereocenters. The lowest BCUT2D eigenvalue weighted by Gasteiger charge is -2.10. The van der Waals surface area contributed by atoms with Crippen LogP contribution in [0.25, 0.3) is 21.9 Å². The van der Waals surface area contributed by atoms with Crippen molar-refractivity contribution in [2.45, 2.75) is 6.92 Å². The van der Waals surface area contributed by atoms with Crippen LogP contribution in [-0.2, 0) is 0 Å². The fourth-order valence-electron chi connectivity index (χ4n) is 2.77. The normalized spacial score (nSPS) is 11.2. The molecule has 0 amide bonds. The lowest BCUT2D eigenvalue weighted by atomic mass is 10.1. The molecular weight excluding hydrogens is 294 g/mol. The Morgan fingerprint density at radius 2 is 1.64 bits per heavy atom. The SMILES string of the molecule is Cc1ccc(Nc2ccccc2Cl)c2c1oc1ccccc12. The minimum atomic E-state index is 0.698. The molecule has 3 aromatic carbocycles. The standard InChI is InChI=1S/C19H14ClNO/c1-12-10-11-16(21-15-8-4-3-7-14(15)20)18-13-6-2-5-9-17(13)22-19(12)18/h2-11,21H,1H3. The number of rotatable bonds is 2. The van der Waals surface area contributed by atoms with Gasteiger partial charge in [-0.05, 0) is 36.8 Å². The maximum absolute atomic E-state index is 6.26. The maximum Gasteiger partial charge on any atom is 0.140 e. The molecule has 1 aromatic heterocycles. The van der Waals surface area contributed by atoms with Crippen LogP contribution in [0.2, 0.25) is 5.02 Å². The van der Waals surface area contributed by atoms with Crippen LogP contribution in [0.15, 0.2) is 65.1 Å². The zero-order valence-corrected chi connectivity index (χ0v) is 12.8. The van der Waals surface area contributed by atoms with E-state index < -0.39 is 0 Å². The molecule has 0 aliphatic rings. The molecule has 0 aliphatic heterocycles. The van der Waals surface area contributed by atoms with Gasteiger partial charge < -0.3 is 9.73 Å². The minimum Gasteiger partial charge on any atom is -0.456 e. The first-order valence-electron chi connectivity index (χ1n) is 7.16. The Morgan fingerprint density at radius 3 is 2.50 bits per heavy atom. The molecule has 4 rings (SSSR count). The van der Waals surface area contributed by atoms with E-state index in [0.29, 0.717) is 5.02 Å². The first kappa shape index (κ1) is 13.2. The van der Waals surface area contributed by atoms with Crippen molar-refractivity contribution in [1.29, 1.82) is 0 Å². The predicted octanol–water partition coefficient (Wildman–Crippen LogP) is 6.29. The van der Waals surface area contributed by atoms with Gasteiger partial charge in [-0.2, -0.15) is 0 Å². The van der Waals surface area contributed by atoms with Gasteiger partial charge >= 0.3 is 0 Å². The molecule has 0 fully saturated rings. The topological polar surface area (TPSA) is 25.2 Å². The lowest BCUT2D eigenvalue weighted by molar-refractivity contribution is 0.666. The van der Waals surface area contributed by atoms with E-state index in [9.17, 15) is 0 Å². The van der Waals surface area contributed by atoms with Crippen LogP contribution >= 0.6 is 11.6 Å². The lowest BCUT2D eigenvalue weighted by Crippen LogP contribution is -1.92. The van der Waals surface area contributed by atoms with Crippen molar-refractivity contribution in [2.24, 2.45) is 0 Å². The highest BCUT2D eigenvalue weighted by Gasteiger charge is 2.13. The number of furan rings is 1. The van der Waals surface area contributed by atoms with Crippen molar-refractivity contribution in [3.8, 4) is 0 Å². The Labute approximate surface area is 133 Å². The molecule has 0 radical (unpaired) electrons. The molecule has 1 heterocycles. The Hall–Kier alpha value is -2.45. The highest BCUT2D eigenvalue weighted by molar-refractivity contribution is 6.33. The highest BCUT2D eigenvalue weighted by Crippen LogP contribution is 2.38. The molecule has 1 N–H and O–H groups in total. The van der Waals surface area contributed by atoms with E-state index in [1.807, 2.05) is 42.5 Å². The van der Waals surface area contributed by atoms with Gasteiger partial charge in [-0.15, -0.1) is 0 Å². The van der Waals surface area contributed by atoms with Gasteiger partial charge in [0.15, 0.2) is 0 Å². The number of hydrogen-bond acceptors (Lipinski definition) is 2. The molecule has 4 aromatic rings. The summed E-state index contributed by atoms with van der Waals surface area (Å²) in [5.74, 6) is 0. The molecule has 0 saturated heterocycles. The van der Waals surface area contributed by atoms with Gasteiger partial charge in [-0.3, -0.25) is 0 Å². The van der Waals surface area contributed by atoms with E-state index in [1.54, 1.807) is 0 Å². The fourth-order valence-corrected chi connectivity index (χ4v) is 2.95. The monoisotopic (exact) mass is 307 g/mol. The average molecular weight is 308 g/mol. The number of para-hydroxylation sites is 2. The molecule has 0 atom stereocenters. The zero-order valence-electron chi connectivity index (χ0n) is 12.1. The summed E-state index contributed by atoms with van der Waals surface area (Å²) in [5, 5.41) is 6.33. The fraction of sp³-hybridized carbons (Fsp3) is 0.0526. The number of nitrogens with one attached hydrogen (secondary N) is 1. The Kier molecular flexibility index (Phi) is 3.05. The number of halogens is 1. The van der Waals surface area contributed by atoms with Crippen molar-refractivity contribution < 1.29 is 4.42 Å². The van der Waals surface area contributed by atoms with Crippen LogP contribution in [0.5, 0.6) is 0 Å². The van der Waals surface area contributed by atoms with Crippen LogP contribution < -0.4 is 5.32 Å². The largest absolute Gasteiger partial charge is 0.456 e. The van der Waals surface area contributed by atoms with Gasteiger partial charge in [0.2, 0.25) is 0 Å². The van der Waals surface area contributed by atoms with Gasteiger partial charge in [0.25, 0.3) is 0 Å². The maximum atomic E-state index is 6.26. The second kappa shape index (κ2) is 5.08. The summed E-state index contributed by atoms with van der Waals surface area (Å²) in [6.07, 6.45) is 0. The second-order valence-electron chi connectivity index (χ2n) is 5.34. The van der Waals surface area contributed by atoms with E-state index in [-0.39, 0.29) is 0 Å². The Morgan fingerprint density at radius 1 is 0.864 bits per heavy atom. The van der Waals surface area contributed by atoms with Gasteiger partial charge in [-0.25, -0.2) is 0 Å². The van der Waals surface area contributed by atoms with Crippen molar-refractivity contribution in [3.63, 3.8) is 0 Å². The van der Waals surface area contributed by atoms with Crippen molar-refractivity contribution >= 4 is 44.9 Å². The van der Waals surface area contributed by atoms with Crippen LogP contribution in [0, 0.1) is 6.92 Å². The molecular formula is C19H14ClNO. The molecule has 0 spiro atoms. The summed E-state index contributed by atoms with van der Waals surface area (Å²) >= 11 is 6.26. The molecule has 0 saturated carbocycles. The van der Waals surface area contributed by atoms with Gasteiger partial charge in [0.05, 0.1) is 21.8 Å². The third kappa shape index (κ3) is 2.04.